The Morgan fingerprint density at radius 1 is 0.429 bits per heavy atom. The third-order valence-corrected chi connectivity index (χ3v) is 11.7. The first-order valence-corrected chi connectivity index (χ1v) is 19.9. The van der Waals surface area contributed by atoms with Gasteiger partial charge in [0.05, 0.1) is 45.1 Å². The van der Waals surface area contributed by atoms with E-state index >= 15 is 0 Å². The second kappa shape index (κ2) is 12.7. The highest BCUT2D eigenvalue weighted by molar-refractivity contribution is 6.12. The minimum Gasteiger partial charge on any atom is -0.309 e. The third kappa shape index (κ3) is 6.19. The van der Waals surface area contributed by atoms with Crippen LogP contribution in [0.4, 0.5) is 0 Å². The molecule has 0 saturated heterocycles. The van der Waals surface area contributed by atoms with Crippen molar-refractivity contribution in [3.63, 3.8) is 0 Å². The first-order valence-electron chi connectivity index (χ1n) is 19.9. The molecule has 0 amide bonds. The van der Waals surface area contributed by atoms with Crippen molar-refractivity contribution in [1.29, 1.82) is 5.26 Å². The van der Waals surface area contributed by atoms with Gasteiger partial charge in [-0.1, -0.05) is 113 Å². The maximum absolute atomic E-state index is 10.3. The Morgan fingerprint density at radius 2 is 0.804 bits per heavy atom. The SMILES string of the molecule is CC(C)(C)c1ccc2c(c1)c1cc(C(C)(C)C)ccc1n2-c1ccncc1-c1ccc(C#N)cc1-n1c2ccc(C(C)(C)C)cc2c2cc(C(C)(C)C)ccc21. The topological polar surface area (TPSA) is 46.5 Å². The van der Waals surface area contributed by atoms with Crippen molar-refractivity contribution in [2.45, 2.75) is 105 Å². The zero-order valence-corrected chi connectivity index (χ0v) is 35.2. The van der Waals surface area contributed by atoms with E-state index in [0.717, 1.165) is 44.6 Å². The zero-order chi connectivity index (χ0) is 40.1. The lowest BCUT2D eigenvalue weighted by molar-refractivity contribution is 0.590. The molecule has 8 aromatic rings. The molecule has 0 aliphatic rings. The Balaban J connectivity index is 1.46. The number of fused-ring (bicyclic) bond motifs is 6. The van der Waals surface area contributed by atoms with Crippen LogP contribution in [0, 0.1) is 11.3 Å². The molecule has 0 saturated carbocycles. The average molecular weight is 735 g/mol. The summed E-state index contributed by atoms with van der Waals surface area (Å²) in [6.45, 7) is 27.3. The third-order valence-electron chi connectivity index (χ3n) is 11.7. The predicted molar refractivity (Wildman–Crippen MR) is 238 cm³/mol. The van der Waals surface area contributed by atoms with Gasteiger partial charge < -0.3 is 9.13 Å². The summed E-state index contributed by atoms with van der Waals surface area (Å²) >= 11 is 0. The minimum absolute atomic E-state index is 0.00701. The van der Waals surface area contributed by atoms with Crippen LogP contribution in [-0.4, -0.2) is 14.1 Å². The van der Waals surface area contributed by atoms with Gasteiger partial charge in [-0.25, -0.2) is 0 Å². The number of benzene rings is 5. The van der Waals surface area contributed by atoms with Gasteiger partial charge in [-0.15, -0.1) is 0 Å². The molecule has 3 aromatic heterocycles. The molecule has 0 unspecified atom stereocenters. The zero-order valence-electron chi connectivity index (χ0n) is 35.2. The molecule has 4 nitrogen and oxygen atoms in total. The van der Waals surface area contributed by atoms with Crippen LogP contribution in [0.3, 0.4) is 0 Å². The van der Waals surface area contributed by atoms with Gasteiger partial charge in [0.1, 0.15) is 0 Å². The first kappa shape index (κ1) is 37.3. The second-order valence-corrected chi connectivity index (χ2v) is 19.8. The Labute approximate surface area is 332 Å². The second-order valence-electron chi connectivity index (χ2n) is 19.8. The molecule has 0 N–H and O–H groups in total. The van der Waals surface area contributed by atoms with Crippen LogP contribution in [0.25, 0.3) is 66.1 Å². The molecule has 4 heteroatoms. The number of hydrogen-bond acceptors (Lipinski definition) is 2. The van der Waals surface area contributed by atoms with Gasteiger partial charge in [-0.2, -0.15) is 5.26 Å². The van der Waals surface area contributed by atoms with Crippen molar-refractivity contribution in [3.8, 4) is 28.6 Å². The van der Waals surface area contributed by atoms with Crippen LogP contribution in [0.1, 0.15) is 111 Å². The minimum atomic E-state index is -0.00958. The van der Waals surface area contributed by atoms with E-state index in [9.17, 15) is 5.26 Å². The molecule has 0 bridgehead atoms. The van der Waals surface area contributed by atoms with Crippen LogP contribution in [0.2, 0.25) is 0 Å². The number of nitriles is 1. The largest absolute Gasteiger partial charge is 0.309 e. The Hall–Kier alpha value is -5.66. The summed E-state index contributed by atoms with van der Waals surface area (Å²) in [5, 5.41) is 15.2. The quantitative estimate of drug-likeness (QED) is 0.181. The first-order chi connectivity index (χ1) is 26.3. The van der Waals surface area contributed by atoms with Crippen molar-refractivity contribution in [2.24, 2.45) is 0 Å². The number of nitrogens with zero attached hydrogens (tertiary/aromatic N) is 4. The van der Waals surface area contributed by atoms with E-state index in [1.807, 2.05) is 18.5 Å². The Kier molecular flexibility index (Phi) is 8.44. The fourth-order valence-corrected chi connectivity index (χ4v) is 8.24. The normalized spacial score (nSPS) is 13.0. The fourth-order valence-electron chi connectivity index (χ4n) is 8.24. The van der Waals surface area contributed by atoms with Gasteiger partial charge in [-0.3, -0.25) is 4.98 Å². The molecule has 0 radical (unpaired) electrons. The summed E-state index contributed by atoms with van der Waals surface area (Å²) in [6.07, 6.45) is 3.89. The van der Waals surface area contributed by atoms with Gasteiger partial charge in [0.15, 0.2) is 0 Å². The van der Waals surface area contributed by atoms with Gasteiger partial charge in [0, 0.05) is 45.1 Å². The number of rotatable bonds is 3. The average Bonchev–Trinajstić information content (AvgIpc) is 3.64. The van der Waals surface area contributed by atoms with E-state index in [-0.39, 0.29) is 21.7 Å². The monoisotopic (exact) mass is 734 g/mol. The molecule has 0 aliphatic heterocycles. The molecule has 8 rings (SSSR count). The van der Waals surface area contributed by atoms with E-state index in [2.05, 4.69) is 189 Å². The van der Waals surface area contributed by atoms with Crippen molar-refractivity contribution in [3.05, 3.63) is 137 Å². The molecule has 0 spiro atoms. The maximum Gasteiger partial charge on any atom is 0.0992 e. The Bertz CT molecular complexity index is 2750. The summed E-state index contributed by atoms with van der Waals surface area (Å²) in [5.41, 5.74) is 14.4. The number of hydrogen-bond donors (Lipinski definition) is 0. The maximum atomic E-state index is 10.3. The van der Waals surface area contributed by atoms with E-state index in [1.165, 1.54) is 43.8 Å². The molecular weight excluding hydrogens is 681 g/mol. The molecule has 0 aliphatic carbocycles. The van der Waals surface area contributed by atoms with E-state index in [0.29, 0.717) is 5.56 Å². The van der Waals surface area contributed by atoms with Crippen LogP contribution >= 0.6 is 0 Å². The molecule has 282 valence electrons. The molecule has 3 heterocycles. The van der Waals surface area contributed by atoms with Gasteiger partial charge in [0.25, 0.3) is 0 Å². The van der Waals surface area contributed by atoms with E-state index in [4.69, 9.17) is 4.98 Å². The molecular formula is C52H54N4. The molecule has 0 atom stereocenters. The molecule has 56 heavy (non-hydrogen) atoms. The Morgan fingerprint density at radius 3 is 1.16 bits per heavy atom. The summed E-state index contributed by atoms with van der Waals surface area (Å²) < 4.78 is 4.78. The highest BCUT2D eigenvalue weighted by Gasteiger charge is 2.25. The van der Waals surface area contributed by atoms with E-state index in [1.54, 1.807) is 0 Å². The summed E-state index contributed by atoms with van der Waals surface area (Å²) in [7, 11) is 0. The van der Waals surface area contributed by atoms with Crippen molar-refractivity contribution in [1.82, 2.24) is 14.1 Å². The van der Waals surface area contributed by atoms with Gasteiger partial charge in [0.2, 0.25) is 0 Å². The standard InChI is InChI=1S/C52H54N4/c1-49(2,3)33-14-19-43-38(26-33)39-27-34(50(4,5)6)15-20-44(39)55(43)47-23-24-54-31-42(47)37-18-13-32(30-53)25-48(37)56-45-21-16-35(51(7,8)9)28-40(45)41-29-36(52(10,11)12)17-22-46(41)56/h13-29,31H,1-12H3. The van der Waals surface area contributed by atoms with Crippen LogP contribution < -0.4 is 0 Å². The summed E-state index contributed by atoms with van der Waals surface area (Å²) in [4.78, 5) is 4.76. The predicted octanol–water partition coefficient (Wildman–Crippen LogP) is 14.0. The summed E-state index contributed by atoms with van der Waals surface area (Å²) in [5.74, 6) is 0. The van der Waals surface area contributed by atoms with Crippen molar-refractivity contribution >= 4 is 43.6 Å². The van der Waals surface area contributed by atoms with Gasteiger partial charge in [-0.05, 0) is 111 Å². The lowest BCUT2D eigenvalue weighted by atomic mass is 9.85. The molecule has 0 fully saturated rings. The van der Waals surface area contributed by atoms with Crippen molar-refractivity contribution < 1.29 is 0 Å². The van der Waals surface area contributed by atoms with E-state index < -0.39 is 0 Å². The van der Waals surface area contributed by atoms with Gasteiger partial charge >= 0.3 is 0 Å². The highest BCUT2D eigenvalue weighted by atomic mass is 15.0. The smallest absolute Gasteiger partial charge is 0.0992 e. The highest BCUT2D eigenvalue weighted by Crippen LogP contribution is 2.43. The number of aromatic nitrogens is 3. The summed E-state index contributed by atoms with van der Waals surface area (Å²) in [6, 6.07) is 38.5. The number of pyridine rings is 1. The van der Waals surface area contributed by atoms with Crippen molar-refractivity contribution in [2.75, 3.05) is 0 Å². The fraction of sp³-hybridized carbons (Fsp3) is 0.308. The van der Waals surface area contributed by atoms with Crippen LogP contribution in [-0.2, 0) is 21.7 Å². The molecule has 5 aromatic carbocycles. The lowest BCUT2D eigenvalue weighted by Gasteiger charge is -2.21. The van der Waals surface area contributed by atoms with Crippen LogP contribution in [0.15, 0.2) is 109 Å². The van der Waals surface area contributed by atoms with Crippen LogP contribution in [0.5, 0.6) is 0 Å². The lowest BCUT2D eigenvalue weighted by Crippen LogP contribution is -2.10.